The normalized spacial score (nSPS) is 12.0. The van der Waals surface area contributed by atoms with Gasteiger partial charge < -0.3 is 4.74 Å². The molecule has 0 saturated heterocycles. The summed E-state index contributed by atoms with van der Waals surface area (Å²) in [6.07, 6.45) is -4.63. The number of halogens is 3. The largest absolute Gasteiger partial charge is 0.573 e. The molecule has 0 fully saturated rings. The van der Waals surface area contributed by atoms with Crippen molar-refractivity contribution < 1.29 is 17.9 Å². The van der Waals surface area contributed by atoms with E-state index >= 15 is 0 Å². The lowest BCUT2D eigenvalue weighted by Gasteiger charge is -2.08. The van der Waals surface area contributed by atoms with Crippen molar-refractivity contribution in [1.29, 1.82) is 0 Å². The van der Waals surface area contributed by atoms with Gasteiger partial charge in [0, 0.05) is 9.58 Å². The van der Waals surface area contributed by atoms with Gasteiger partial charge in [-0.15, -0.1) is 24.5 Å². The van der Waals surface area contributed by atoms with Gasteiger partial charge in [0.05, 0.1) is 0 Å². The number of thiophene rings is 1. The van der Waals surface area contributed by atoms with Crippen molar-refractivity contribution >= 4 is 21.4 Å². The Labute approximate surface area is 88.1 Å². The first-order valence-electron chi connectivity index (χ1n) is 4.20. The summed E-state index contributed by atoms with van der Waals surface area (Å²) >= 11 is 1.44. The molecule has 0 N–H and O–H groups in total. The van der Waals surface area contributed by atoms with Crippen LogP contribution in [0.15, 0.2) is 24.3 Å². The Morgan fingerprint density at radius 2 is 1.93 bits per heavy atom. The molecule has 0 unspecified atom stereocenters. The number of hydrogen-bond donors (Lipinski definition) is 0. The molecule has 80 valence electrons. The number of benzene rings is 1. The number of aryl methyl sites for hydroxylation is 1. The van der Waals surface area contributed by atoms with E-state index in [1.54, 1.807) is 6.07 Å². The van der Waals surface area contributed by atoms with Crippen molar-refractivity contribution in [2.75, 3.05) is 0 Å². The second-order valence-corrected chi connectivity index (χ2v) is 4.39. The highest BCUT2D eigenvalue weighted by Crippen LogP contribution is 2.31. The summed E-state index contributed by atoms with van der Waals surface area (Å²) < 4.78 is 40.4. The smallest absolute Gasteiger partial charge is 0.406 e. The van der Waals surface area contributed by atoms with Crippen LogP contribution in [0.25, 0.3) is 10.1 Å². The van der Waals surface area contributed by atoms with Crippen molar-refractivity contribution in [3.63, 3.8) is 0 Å². The fraction of sp³-hybridized carbons (Fsp3) is 0.200. The minimum absolute atomic E-state index is 0.170. The second kappa shape index (κ2) is 3.41. The molecule has 0 aliphatic heterocycles. The van der Waals surface area contributed by atoms with E-state index in [9.17, 15) is 13.2 Å². The topological polar surface area (TPSA) is 9.23 Å². The predicted molar refractivity (Wildman–Crippen MR) is 53.2 cm³/mol. The van der Waals surface area contributed by atoms with E-state index in [4.69, 9.17) is 0 Å². The molecule has 5 heteroatoms. The molecule has 1 aromatic heterocycles. The van der Waals surface area contributed by atoms with E-state index in [1.165, 1.54) is 23.5 Å². The van der Waals surface area contributed by atoms with Gasteiger partial charge >= 0.3 is 6.36 Å². The van der Waals surface area contributed by atoms with Crippen LogP contribution < -0.4 is 4.74 Å². The number of fused-ring (bicyclic) bond motifs is 1. The van der Waals surface area contributed by atoms with Gasteiger partial charge in [-0.3, -0.25) is 0 Å². The van der Waals surface area contributed by atoms with Crippen molar-refractivity contribution in [3.05, 3.63) is 29.1 Å². The summed E-state index contributed by atoms with van der Waals surface area (Å²) in [5, 5.41) is 0.937. The third-order valence-electron chi connectivity index (χ3n) is 1.85. The van der Waals surface area contributed by atoms with Crippen LogP contribution in [0.3, 0.4) is 0 Å². The first-order chi connectivity index (χ1) is 6.94. The molecule has 15 heavy (non-hydrogen) atoms. The molecule has 2 rings (SSSR count). The third kappa shape index (κ3) is 2.41. The maximum Gasteiger partial charge on any atom is 0.573 e. The molecular formula is C10H7F3OS. The highest BCUT2D eigenvalue weighted by atomic mass is 32.1. The molecule has 2 aromatic rings. The average Bonchev–Trinajstić information content (AvgIpc) is 2.40. The van der Waals surface area contributed by atoms with Crippen LogP contribution in [0.5, 0.6) is 5.75 Å². The Kier molecular flexibility index (Phi) is 2.34. The molecule has 0 atom stereocenters. The van der Waals surface area contributed by atoms with E-state index in [0.29, 0.717) is 0 Å². The van der Waals surface area contributed by atoms with Crippen molar-refractivity contribution in [1.82, 2.24) is 0 Å². The van der Waals surface area contributed by atoms with Gasteiger partial charge in [0.1, 0.15) is 5.75 Å². The summed E-state index contributed by atoms with van der Waals surface area (Å²) in [7, 11) is 0. The lowest BCUT2D eigenvalue weighted by Crippen LogP contribution is -2.16. The zero-order chi connectivity index (χ0) is 11.1. The quantitative estimate of drug-likeness (QED) is 0.719. The van der Waals surface area contributed by atoms with E-state index in [1.807, 2.05) is 13.0 Å². The molecule has 0 spiro atoms. The predicted octanol–water partition coefficient (Wildman–Crippen LogP) is 4.11. The van der Waals surface area contributed by atoms with Crippen LogP contribution in [0.2, 0.25) is 0 Å². The lowest BCUT2D eigenvalue weighted by atomic mass is 10.2. The summed E-state index contributed by atoms with van der Waals surface area (Å²) in [5.74, 6) is -0.170. The maximum atomic E-state index is 11.9. The number of rotatable bonds is 1. The Balaban J connectivity index is 2.38. The van der Waals surface area contributed by atoms with E-state index in [0.717, 1.165) is 15.0 Å². The molecule has 0 bridgehead atoms. The molecule has 0 aliphatic carbocycles. The lowest BCUT2D eigenvalue weighted by molar-refractivity contribution is -0.274. The molecule has 0 radical (unpaired) electrons. The summed E-state index contributed by atoms with van der Waals surface area (Å²) in [6.45, 7) is 1.91. The molecule has 0 amide bonds. The van der Waals surface area contributed by atoms with Gasteiger partial charge in [-0.25, -0.2) is 0 Å². The van der Waals surface area contributed by atoms with Gasteiger partial charge in [-0.1, -0.05) is 0 Å². The van der Waals surface area contributed by atoms with E-state index in [2.05, 4.69) is 4.74 Å². The highest BCUT2D eigenvalue weighted by Gasteiger charge is 2.31. The van der Waals surface area contributed by atoms with E-state index < -0.39 is 6.36 Å². The average molecular weight is 232 g/mol. The Morgan fingerprint density at radius 1 is 1.20 bits per heavy atom. The monoisotopic (exact) mass is 232 g/mol. The Morgan fingerprint density at radius 3 is 2.60 bits per heavy atom. The third-order valence-corrected chi connectivity index (χ3v) is 2.86. The number of ether oxygens (including phenoxy) is 1. The zero-order valence-corrected chi connectivity index (χ0v) is 8.58. The standard InChI is InChI=1S/C10H7F3OS/c1-6-4-7-2-3-8(5-9(7)15-6)14-10(11,12)13/h2-5H,1H3. The summed E-state index contributed by atoms with van der Waals surface area (Å²) in [6, 6.07) is 6.28. The minimum Gasteiger partial charge on any atom is -0.406 e. The fourth-order valence-electron chi connectivity index (χ4n) is 1.34. The Hall–Kier alpha value is -1.23. The maximum absolute atomic E-state index is 11.9. The first kappa shape index (κ1) is 10.3. The summed E-state index contributed by atoms with van der Waals surface area (Å²) in [5.41, 5.74) is 0. The SMILES string of the molecule is Cc1cc2ccc(OC(F)(F)F)cc2s1. The highest BCUT2D eigenvalue weighted by molar-refractivity contribution is 7.19. The molecule has 1 nitrogen and oxygen atoms in total. The fourth-order valence-corrected chi connectivity index (χ4v) is 2.29. The van der Waals surface area contributed by atoms with Gasteiger partial charge in [-0.2, -0.15) is 0 Å². The summed E-state index contributed by atoms with van der Waals surface area (Å²) in [4.78, 5) is 1.06. The van der Waals surface area contributed by atoms with Crippen LogP contribution in [0.4, 0.5) is 13.2 Å². The first-order valence-corrected chi connectivity index (χ1v) is 5.02. The van der Waals surface area contributed by atoms with Gasteiger partial charge in [0.2, 0.25) is 0 Å². The molecule has 0 saturated carbocycles. The van der Waals surface area contributed by atoms with Gasteiger partial charge in [0.25, 0.3) is 0 Å². The molecule has 1 heterocycles. The minimum atomic E-state index is -4.63. The van der Waals surface area contributed by atoms with Gasteiger partial charge in [0.15, 0.2) is 0 Å². The molecule has 0 aliphatic rings. The van der Waals surface area contributed by atoms with Crippen LogP contribution in [-0.4, -0.2) is 6.36 Å². The molecule has 1 aromatic carbocycles. The van der Waals surface area contributed by atoms with Crippen molar-refractivity contribution in [2.24, 2.45) is 0 Å². The van der Waals surface area contributed by atoms with Crippen molar-refractivity contribution in [2.45, 2.75) is 13.3 Å². The van der Waals surface area contributed by atoms with E-state index in [-0.39, 0.29) is 5.75 Å². The van der Waals surface area contributed by atoms with Gasteiger partial charge in [-0.05, 0) is 36.6 Å². The zero-order valence-electron chi connectivity index (χ0n) is 7.76. The van der Waals surface area contributed by atoms with Crippen LogP contribution in [0.1, 0.15) is 4.88 Å². The Bertz CT molecular complexity index is 487. The van der Waals surface area contributed by atoms with Crippen LogP contribution in [-0.2, 0) is 0 Å². The van der Waals surface area contributed by atoms with Crippen LogP contribution >= 0.6 is 11.3 Å². The number of hydrogen-bond acceptors (Lipinski definition) is 2. The molecular weight excluding hydrogens is 225 g/mol. The second-order valence-electron chi connectivity index (χ2n) is 3.10. The number of alkyl halides is 3. The van der Waals surface area contributed by atoms with Crippen molar-refractivity contribution in [3.8, 4) is 5.75 Å². The van der Waals surface area contributed by atoms with Crippen LogP contribution in [0, 0.1) is 6.92 Å².